The van der Waals surface area contributed by atoms with E-state index in [0.717, 1.165) is 44.4 Å². The number of carbonyl (C=O) groups excluding carboxylic acids is 1. The van der Waals surface area contributed by atoms with Crippen LogP contribution < -0.4 is 11.1 Å². The van der Waals surface area contributed by atoms with Gasteiger partial charge in [-0.25, -0.2) is 0 Å². The lowest BCUT2D eigenvalue weighted by molar-refractivity contribution is -0.122. The van der Waals surface area contributed by atoms with Crippen LogP contribution in [-0.4, -0.2) is 18.0 Å². The zero-order valence-electron chi connectivity index (χ0n) is 11.5. The number of hydrogen-bond acceptors (Lipinski definition) is 2. The highest BCUT2D eigenvalue weighted by Crippen LogP contribution is 2.28. The smallest absolute Gasteiger partial charge is 0.220 e. The average Bonchev–Trinajstić information content (AvgIpc) is 2.85. The van der Waals surface area contributed by atoms with E-state index in [2.05, 4.69) is 5.32 Å². The van der Waals surface area contributed by atoms with Gasteiger partial charge in [-0.1, -0.05) is 25.7 Å². The first-order valence-electron chi connectivity index (χ1n) is 7.79. The van der Waals surface area contributed by atoms with Gasteiger partial charge in [0.15, 0.2) is 0 Å². The Morgan fingerprint density at radius 3 is 2.39 bits per heavy atom. The molecule has 0 saturated heterocycles. The summed E-state index contributed by atoms with van der Waals surface area (Å²) in [6, 6.07) is 0.754. The molecule has 3 nitrogen and oxygen atoms in total. The van der Waals surface area contributed by atoms with Crippen LogP contribution >= 0.6 is 0 Å². The predicted octanol–water partition coefficient (Wildman–Crippen LogP) is 2.73. The Balaban J connectivity index is 1.54. The summed E-state index contributed by atoms with van der Waals surface area (Å²) < 4.78 is 0. The van der Waals surface area contributed by atoms with Crippen molar-refractivity contribution in [2.75, 3.05) is 0 Å². The second-order valence-electron chi connectivity index (χ2n) is 6.22. The third-order valence-corrected chi connectivity index (χ3v) is 4.63. The number of amides is 1. The second kappa shape index (κ2) is 7.13. The molecule has 2 saturated carbocycles. The molecule has 0 bridgehead atoms. The molecule has 0 atom stereocenters. The molecule has 0 radical (unpaired) electrons. The maximum absolute atomic E-state index is 11.8. The molecule has 0 aromatic carbocycles. The quantitative estimate of drug-likeness (QED) is 0.790. The van der Waals surface area contributed by atoms with Crippen molar-refractivity contribution >= 4 is 5.91 Å². The van der Waals surface area contributed by atoms with Crippen LogP contribution in [0, 0.1) is 5.92 Å². The maximum atomic E-state index is 11.8. The van der Waals surface area contributed by atoms with E-state index in [-0.39, 0.29) is 5.91 Å². The molecule has 0 unspecified atom stereocenters. The normalized spacial score (nSPS) is 29.4. The number of carbonyl (C=O) groups is 1. The molecule has 3 heteroatoms. The third-order valence-electron chi connectivity index (χ3n) is 4.63. The van der Waals surface area contributed by atoms with E-state index in [1.807, 2.05) is 0 Å². The molecule has 1 amide bonds. The van der Waals surface area contributed by atoms with Gasteiger partial charge in [0.25, 0.3) is 0 Å². The standard InChI is InChI=1S/C15H28N2O/c16-13-8-10-14(11-9-13)17-15(18)7-3-6-12-4-1-2-5-12/h12-14H,1-11,16H2,(H,17,18). The number of hydrogen-bond donors (Lipinski definition) is 2. The van der Waals surface area contributed by atoms with Gasteiger partial charge in [-0.05, 0) is 44.4 Å². The summed E-state index contributed by atoms with van der Waals surface area (Å²) >= 11 is 0. The highest BCUT2D eigenvalue weighted by molar-refractivity contribution is 5.76. The first-order chi connectivity index (χ1) is 8.74. The highest BCUT2D eigenvalue weighted by atomic mass is 16.1. The minimum atomic E-state index is 0.258. The van der Waals surface area contributed by atoms with Gasteiger partial charge in [-0.15, -0.1) is 0 Å². The van der Waals surface area contributed by atoms with Crippen molar-refractivity contribution < 1.29 is 4.79 Å². The molecule has 0 aromatic rings. The number of nitrogens with two attached hydrogens (primary N) is 1. The van der Waals surface area contributed by atoms with Crippen LogP contribution in [0.3, 0.4) is 0 Å². The van der Waals surface area contributed by atoms with Crippen LogP contribution in [0.25, 0.3) is 0 Å². The van der Waals surface area contributed by atoms with Crippen molar-refractivity contribution in [1.82, 2.24) is 5.32 Å². The van der Waals surface area contributed by atoms with Crippen LogP contribution in [0.1, 0.15) is 70.6 Å². The summed E-state index contributed by atoms with van der Waals surface area (Å²) in [4.78, 5) is 11.8. The molecule has 0 heterocycles. The van der Waals surface area contributed by atoms with Crippen molar-refractivity contribution in [3.63, 3.8) is 0 Å². The fraction of sp³-hybridized carbons (Fsp3) is 0.933. The van der Waals surface area contributed by atoms with Gasteiger partial charge in [0.2, 0.25) is 5.91 Å². The molecule has 0 spiro atoms. The first kappa shape index (κ1) is 13.9. The fourth-order valence-corrected chi connectivity index (χ4v) is 3.41. The minimum absolute atomic E-state index is 0.258. The van der Waals surface area contributed by atoms with Gasteiger partial charge >= 0.3 is 0 Å². The largest absolute Gasteiger partial charge is 0.353 e. The van der Waals surface area contributed by atoms with Crippen molar-refractivity contribution in [3.05, 3.63) is 0 Å². The zero-order chi connectivity index (χ0) is 12.8. The molecular formula is C15H28N2O. The Morgan fingerprint density at radius 1 is 1.06 bits per heavy atom. The van der Waals surface area contributed by atoms with E-state index >= 15 is 0 Å². The maximum Gasteiger partial charge on any atom is 0.220 e. The third kappa shape index (κ3) is 4.60. The lowest BCUT2D eigenvalue weighted by atomic mass is 9.91. The highest BCUT2D eigenvalue weighted by Gasteiger charge is 2.20. The summed E-state index contributed by atoms with van der Waals surface area (Å²) in [6.07, 6.45) is 12.9. The molecule has 2 aliphatic rings. The second-order valence-corrected chi connectivity index (χ2v) is 6.22. The van der Waals surface area contributed by atoms with Crippen molar-refractivity contribution in [2.45, 2.75) is 82.7 Å². The van der Waals surface area contributed by atoms with E-state index in [4.69, 9.17) is 5.73 Å². The lowest BCUT2D eigenvalue weighted by Crippen LogP contribution is -2.40. The van der Waals surface area contributed by atoms with Crippen LogP contribution in [0.15, 0.2) is 0 Å². The molecule has 0 aromatic heterocycles. The predicted molar refractivity (Wildman–Crippen MR) is 74.2 cm³/mol. The van der Waals surface area contributed by atoms with Crippen molar-refractivity contribution in [3.8, 4) is 0 Å². The summed E-state index contributed by atoms with van der Waals surface area (Å²) in [7, 11) is 0. The molecule has 2 fully saturated rings. The summed E-state index contributed by atoms with van der Waals surface area (Å²) in [5.74, 6) is 1.17. The van der Waals surface area contributed by atoms with E-state index in [1.165, 1.54) is 32.1 Å². The Bertz CT molecular complexity index is 253. The summed E-state index contributed by atoms with van der Waals surface area (Å²) in [6.45, 7) is 0. The molecule has 3 N–H and O–H groups in total. The van der Waals surface area contributed by atoms with Crippen LogP contribution in [0.2, 0.25) is 0 Å². The first-order valence-corrected chi connectivity index (χ1v) is 7.79. The van der Waals surface area contributed by atoms with Crippen LogP contribution in [0.4, 0.5) is 0 Å². The summed E-state index contributed by atoms with van der Waals surface area (Å²) in [5, 5.41) is 3.17. The van der Waals surface area contributed by atoms with E-state index in [0.29, 0.717) is 12.1 Å². The van der Waals surface area contributed by atoms with E-state index in [9.17, 15) is 4.79 Å². The molecular weight excluding hydrogens is 224 g/mol. The van der Waals surface area contributed by atoms with Gasteiger partial charge in [0.1, 0.15) is 0 Å². The van der Waals surface area contributed by atoms with Gasteiger partial charge in [-0.3, -0.25) is 4.79 Å². The van der Waals surface area contributed by atoms with Crippen LogP contribution in [-0.2, 0) is 4.79 Å². The molecule has 2 rings (SSSR count). The Labute approximate surface area is 111 Å². The molecule has 18 heavy (non-hydrogen) atoms. The van der Waals surface area contributed by atoms with Gasteiger partial charge in [0, 0.05) is 18.5 Å². The van der Waals surface area contributed by atoms with Gasteiger partial charge in [0.05, 0.1) is 0 Å². The number of rotatable bonds is 5. The summed E-state index contributed by atoms with van der Waals surface area (Å²) in [5.41, 5.74) is 5.87. The lowest BCUT2D eigenvalue weighted by Gasteiger charge is -2.26. The Kier molecular flexibility index (Phi) is 5.48. The van der Waals surface area contributed by atoms with Crippen molar-refractivity contribution in [2.24, 2.45) is 11.7 Å². The molecule has 104 valence electrons. The van der Waals surface area contributed by atoms with E-state index < -0.39 is 0 Å². The van der Waals surface area contributed by atoms with Gasteiger partial charge < -0.3 is 11.1 Å². The SMILES string of the molecule is NC1CCC(NC(=O)CCCC2CCCC2)CC1. The zero-order valence-corrected chi connectivity index (χ0v) is 11.5. The topological polar surface area (TPSA) is 55.1 Å². The average molecular weight is 252 g/mol. The Hall–Kier alpha value is -0.570. The van der Waals surface area contributed by atoms with Crippen molar-refractivity contribution in [1.29, 1.82) is 0 Å². The number of nitrogens with one attached hydrogen (secondary N) is 1. The minimum Gasteiger partial charge on any atom is -0.353 e. The van der Waals surface area contributed by atoms with E-state index in [1.54, 1.807) is 0 Å². The monoisotopic (exact) mass is 252 g/mol. The fourth-order valence-electron chi connectivity index (χ4n) is 3.41. The molecule has 0 aliphatic heterocycles. The van der Waals surface area contributed by atoms with Gasteiger partial charge in [-0.2, -0.15) is 0 Å². The Morgan fingerprint density at radius 2 is 1.72 bits per heavy atom. The van der Waals surface area contributed by atoms with Crippen LogP contribution in [0.5, 0.6) is 0 Å². The molecule has 2 aliphatic carbocycles.